The van der Waals surface area contributed by atoms with Gasteiger partial charge in [-0.25, -0.2) is 4.98 Å². The first-order valence-corrected chi connectivity index (χ1v) is 9.68. The molecule has 1 aliphatic rings. The summed E-state index contributed by atoms with van der Waals surface area (Å²) in [6.07, 6.45) is 0. The lowest BCUT2D eigenvalue weighted by atomic mass is 10.2. The van der Waals surface area contributed by atoms with Gasteiger partial charge < -0.3 is 15.0 Å². The molecule has 0 saturated carbocycles. The molecule has 3 aromatic rings. The van der Waals surface area contributed by atoms with Gasteiger partial charge in [-0.15, -0.1) is 11.3 Å². The van der Waals surface area contributed by atoms with Crippen molar-refractivity contribution in [2.45, 2.75) is 6.92 Å². The first kappa shape index (κ1) is 17.1. The lowest BCUT2D eigenvalue weighted by Gasteiger charge is -2.23. The van der Waals surface area contributed by atoms with E-state index in [0.717, 1.165) is 48.1 Å². The van der Waals surface area contributed by atoms with Crippen molar-refractivity contribution in [1.82, 2.24) is 4.98 Å². The smallest absolute Gasteiger partial charge is 0.279 e. The number of carbonyl (C=O) groups is 1. The Balaban J connectivity index is 1.43. The third kappa shape index (κ3) is 3.93. The number of ether oxygens (including phenoxy) is 1. The van der Waals surface area contributed by atoms with Crippen LogP contribution in [0.2, 0.25) is 0 Å². The van der Waals surface area contributed by atoms with Crippen molar-refractivity contribution in [3.63, 3.8) is 0 Å². The van der Waals surface area contributed by atoms with Crippen LogP contribution in [0.3, 0.4) is 0 Å². The summed E-state index contributed by atoms with van der Waals surface area (Å²) in [6, 6.07) is 14.2. The molecule has 0 aliphatic carbocycles. The molecule has 1 amide bonds. The molecule has 1 saturated heterocycles. The highest BCUT2D eigenvalue weighted by molar-refractivity contribution is 7.21. The summed E-state index contributed by atoms with van der Waals surface area (Å²) in [5, 5.41) is 3.99. The van der Waals surface area contributed by atoms with E-state index in [0.29, 0.717) is 6.54 Å². The molecule has 1 aromatic heterocycles. The van der Waals surface area contributed by atoms with Crippen molar-refractivity contribution < 1.29 is 14.4 Å². The summed E-state index contributed by atoms with van der Waals surface area (Å²) in [4.78, 5) is 18.2. The van der Waals surface area contributed by atoms with Gasteiger partial charge in [0, 0.05) is 11.3 Å². The van der Waals surface area contributed by atoms with Gasteiger partial charge in [0.2, 0.25) is 0 Å². The molecule has 6 heteroatoms. The normalized spacial score (nSPS) is 15.3. The fraction of sp³-hybridized carbons (Fsp3) is 0.300. The molecular weight excluding hydrogens is 346 g/mol. The highest BCUT2D eigenvalue weighted by atomic mass is 32.1. The number of hydrogen-bond donors (Lipinski definition) is 2. The van der Waals surface area contributed by atoms with Gasteiger partial charge in [-0.2, -0.15) is 0 Å². The Hall–Kier alpha value is -2.28. The predicted octanol–water partition coefficient (Wildman–Crippen LogP) is 2.13. The summed E-state index contributed by atoms with van der Waals surface area (Å²) < 4.78 is 6.53. The number of hydrogen-bond acceptors (Lipinski definition) is 4. The molecule has 26 heavy (non-hydrogen) atoms. The average molecular weight is 368 g/mol. The molecule has 5 nitrogen and oxygen atoms in total. The summed E-state index contributed by atoms with van der Waals surface area (Å²) in [7, 11) is 0. The Labute approximate surface area is 156 Å². The molecular formula is C20H22N3O2S+. The van der Waals surface area contributed by atoms with Gasteiger partial charge in [-0.1, -0.05) is 6.07 Å². The first-order valence-electron chi connectivity index (χ1n) is 8.86. The zero-order valence-electron chi connectivity index (χ0n) is 14.7. The van der Waals surface area contributed by atoms with Gasteiger partial charge in [-0.3, -0.25) is 4.79 Å². The van der Waals surface area contributed by atoms with Crippen LogP contribution in [-0.4, -0.2) is 43.7 Å². The molecule has 1 fully saturated rings. The maximum atomic E-state index is 12.2. The van der Waals surface area contributed by atoms with Crippen LogP contribution in [0.15, 0.2) is 42.5 Å². The molecule has 2 N–H and O–H groups in total. The fourth-order valence-corrected chi connectivity index (χ4v) is 4.19. The summed E-state index contributed by atoms with van der Waals surface area (Å²) >= 11 is 1.69. The Morgan fingerprint density at radius 3 is 2.73 bits per heavy atom. The quantitative estimate of drug-likeness (QED) is 0.742. The Morgan fingerprint density at radius 1 is 1.19 bits per heavy atom. The number of carbonyl (C=O) groups excluding carboxylic acids is 1. The molecule has 0 atom stereocenters. The number of fused-ring (bicyclic) bond motifs is 1. The summed E-state index contributed by atoms with van der Waals surface area (Å²) in [5.74, 6) is 0.0464. The van der Waals surface area contributed by atoms with E-state index >= 15 is 0 Å². The monoisotopic (exact) mass is 368 g/mol. The number of thiazole rings is 1. The molecule has 0 bridgehead atoms. The van der Waals surface area contributed by atoms with Crippen LogP contribution < -0.4 is 10.2 Å². The fourth-order valence-electron chi connectivity index (χ4n) is 3.12. The summed E-state index contributed by atoms with van der Waals surface area (Å²) in [5.41, 5.74) is 4.17. The largest absolute Gasteiger partial charge is 0.370 e. The minimum Gasteiger partial charge on any atom is -0.370 e. The molecule has 0 spiro atoms. The second kappa shape index (κ2) is 7.53. The van der Waals surface area contributed by atoms with Crippen LogP contribution in [0.25, 0.3) is 20.8 Å². The highest BCUT2D eigenvalue weighted by Gasteiger charge is 2.17. The molecule has 134 valence electrons. The number of nitrogens with one attached hydrogen (secondary N) is 2. The number of aryl methyl sites for hydroxylation is 1. The second-order valence-electron chi connectivity index (χ2n) is 6.65. The van der Waals surface area contributed by atoms with Crippen LogP contribution >= 0.6 is 11.3 Å². The Bertz CT molecular complexity index is 914. The molecule has 2 aromatic carbocycles. The number of amides is 1. The van der Waals surface area contributed by atoms with E-state index in [1.54, 1.807) is 11.3 Å². The van der Waals surface area contributed by atoms with Crippen molar-refractivity contribution in [3.05, 3.63) is 48.0 Å². The van der Waals surface area contributed by atoms with Crippen molar-refractivity contribution in [3.8, 4) is 10.6 Å². The molecule has 2 heterocycles. The first-order chi connectivity index (χ1) is 12.7. The predicted molar refractivity (Wildman–Crippen MR) is 105 cm³/mol. The van der Waals surface area contributed by atoms with Crippen molar-refractivity contribution in [1.29, 1.82) is 0 Å². The van der Waals surface area contributed by atoms with Crippen molar-refractivity contribution in [2.75, 3.05) is 38.2 Å². The minimum absolute atomic E-state index is 0.0464. The molecule has 0 radical (unpaired) electrons. The van der Waals surface area contributed by atoms with E-state index in [1.807, 2.05) is 24.3 Å². The Kier molecular flexibility index (Phi) is 4.97. The SMILES string of the molecule is Cc1ccc2nc(-c3ccc(NC(=O)C[NH+]4CCOCC4)cc3)sc2c1. The zero-order chi connectivity index (χ0) is 17.9. The van der Waals surface area contributed by atoms with Crippen LogP contribution in [0, 0.1) is 6.92 Å². The van der Waals surface area contributed by atoms with Gasteiger partial charge in [-0.05, 0) is 48.9 Å². The Morgan fingerprint density at radius 2 is 1.96 bits per heavy atom. The number of rotatable bonds is 4. The van der Waals surface area contributed by atoms with Gasteiger partial charge in [0.1, 0.15) is 18.1 Å². The van der Waals surface area contributed by atoms with Crippen molar-refractivity contribution in [2.24, 2.45) is 0 Å². The number of morpholine rings is 1. The van der Waals surface area contributed by atoms with Gasteiger partial charge in [0.15, 0.2) is 6.54 Å². The van der Waals surface area contributed by atoms with Crippen LogP contribution in [0.1, 0.15) is 5.56 Å². The standard InChI is InChI=1S/C20H21N3O2S/c1-14-2-7-17-18(12-14)26-20(22-17)15-3-5-16(6-4-15)21-19(24)13-23-8-10-25-11-9-23/h2-7,12H,8-11,13H2,1H3,(H,21,24)/p+1. The van der Waals surface area contributed by atoms with Gasteiger partial charge in [0.25, 0.3) is 5.91 Å². The van der Waals surface area contributed by atoms with Crippen LogP contribution in [0.4, 0.5) is 5.69 Å². The van der Waals surface area contributed by atoms with E-state index in [2.05, 4.69) is 30.4 Å². The minimum atomic E-state index is 0.0464. The maximum absolute atomic E-state index is 12.2. The number of quaternary nitrogens is 1. The number of aromatic nitrogens is 1. The van der Waals surface area contributed by atoms with Crippen LogP contribution in [-0.2, 0) is 9.53 Å². The lowest BCUT2D eigenvalue weighted by Crippen LogP contribution is -3.15. The molecule has 4 rings (SSSR count). The van der Waals surface area contributed by atoms with E-state index < -0.39 is 0 Å². The number of anilines is 1. The lowest BCUT2D eigenvalue weighted by molar-refractivity contribution is -0.899. The second-order valence-corrected chi connectivity index (χ2v) is 7.69. The van der Waals surface area contributed by atoms with E-state index in [4.69, 9.17) is 9.72 Å². The maximum Gasteiger partial charge on any atom is 0.279 e. The van der Waals surface area contributed by atoms with Crippen molar-refractivity contribution >= 4 is 33.1 Å². The zero-order valence-corrected chi connectivity index (χ0v) is 15.6. The number of nitrogens with zero attached hydrogens (tertiary/aromatic N) is 1. The van der Waals surface area contributed by atoms with Gasteiger partial charge in [0.05, 0.1) is 23.4 Å². The van der Waals surface area contributed by atoms with E-state index in [9.17, 15) is 4.79 Å². The van der Waals surface area contributed by atoms with Crippen LogP contribution in [0.5, 0.6) is 0 Å². The van der Waals surface area contributed by atoms with E-state index in [1.165, 1.54) is 15.2 Å². The highest BCUT2D eigenvalue weighted by Crippen LogP contribution is 2.31. The van der Waals surface area contributed by atoms with Gasteiger partial charge >= 0.3 is 0 Å². The topological polar surface area (TPSA) is 55.7 Å². The summed E-state index contributed by atoms with van der Waals surface area (Å²) in [6.45, 7) is 5.84. The third-order valence-corrected chi connectivity index (χ3v) is 5.64. The molecule has 0 unspecified atom stereocenters. The third-order valence-electron chi connectivity index (χ3n) is 4.57. The van der Waals surface area contributed by atoms with E-state index in [-0.39, 0.29) is 5.91 Å². The number of benzene rings is 2. The molecule has 1 aliphatic heterocycles. The average Bonchev–Trinajstić information content (AvgIpc) is 3.06.